The van der Waals surface area contributed by atoms with Gasteiger partial charge in [-0.1, -0.05) is 18.2 Å². The topological polar surface area (TPSA) is 84.1 Å². The number of amides is 1. The molecule has 0 aliphatic carbocycles. The lowest BCUT2D eigenvalue weighted by atomic mass is 10.0. The molecule has 0 saturated carbocycles. The summed E-state index contributed by atoms with van der Waals surface area (Å²) in [6, 6.07) is 14.5. The lowest BCUT2D eigenvalue weighted by Gasteiger charge is -2.08. The second-order valence-electron chi connectivity index (χ2n) is 6.17. The zero-order valence-corrected chi connectivity index (χ0v) is 14.7. The summed E-state index contributed by atoms with van der Waals surface area (Å²) in [6.45, 7) is 0.369. The molecule has 2 heterocycles. The molecule has 0 saturated heterocycles. The van der Waals surface area contributed by atoms with E-state index >= 15 is 0 Å². The van der Waals surface area contributed by atoms with Crippen LogP contribution < -0.4 is 15.6 Å². The molecular formula is C21H17N3O3. The zero-order chi connectivity index (χ0) is 18.8. The number of aromatic nitrogens is 2. The van der Waals surface area contributed by atoms with Crippen molar-refractivity contribution in [3.8, 4) is 5.75 Å². The van der Waals surface area contributed by atoms with E-state index in [1.54, 1.807) is 37.7 Å². The van der Waals surface area contributed by atoms with E-state index in [2.05, 4.69) is 15.3 Å². The predicted octanol–water partition coefficient (Wildman–Crippen LogP) is 3.01. The lowest BCUT2D eigenvalue weighted by molar-refractivity contribution is 0.0951. The molecule has 6 heteroatoms. The van der Waals surface area contributed by atoms with Crippen LogP contribution in [0.1, 0.15) is 15.9 Å². The molecule has 6 nitrogen and oxygen atoms in total. The van der Waals surface area contributed by atoms with Crippen LogP contribution in [0.5, 0.6) is 5.75 Å². The van der Waals surface area contributed by atoms with Gasteiger partial charge in [0.15, 0.2) is 0 Å². The fraction of sp³-hybridized carbons (Fsp3) is 0.0952. The number of nitrogens with one attached hydrogen (secondary N) is 2. The van der Waals surface area contributed by atoms with Crippen LogP contribution in [-0.2, 0) is 6.54 Å². The van der Waals surface area contributed by atoms with Crippen LogP contribution in [-0.4, -0.2) is 23.0 Å². The molecule has 1 amide bonds. The van der Waals surface area contributed by atoms with E-state index in [-0.39, 0.29) is 11.5 Å². The highest BCUT2D eigenvalue weighted by atomic mass is 16.5. The molecule has 4 rings (SSSR count). The van der Waals surface area contributed by atoms with Crippen molar-refractivity contribution in [1.29, 1.82) is 0 Å². The van der Waals surface area contributed by atoms with E-state index in [0.29, 0.717) is 23.0 Å². The Morgan fingerprint density at radius 3 is 2.85 bits per heavy atom. The number of pyridine rings is 2. The fourth-order valence-electron chi connectivity index (χ4n) is 3.09. The monoisotopic (exact) mass is 359 g/mol. The number of nitrogens with zero attached hydrogens (tertiary/aromatic N) is 1. The van der Waals surface area contributed by atoms with Crippen LogP contribution in [0.2, 0.25) is 0 Å². The Kier molecular flexibility index (Phi) is 4.30. The molecule has 0 aliphatic rings. The van der Waals surface area contributed by atoms with Gasteiger partial charge in [0.25, 0.3) is 11.5 Å². The van der Waals surface area contributed by atoms with Crippen LogP contribution in [0.3, 0.4) is 0 Å². The highest BCUT2D eigenvalue weighted by Crippen LogP contribution is 2.21. The van der Waals surface area contributed by atoms with Crippen LogP contribution in [0, 0.1) is 0 Å². The van der Waals surface area contributed by atoms with Gasteiger partial charge in [-0.05, 0) is 41.3 Å². The van der Waals surface area contributed by atoms with Crippen molar-refractivity contribution in [3.05, 3.63) is 82.4 Å². The van der Waals surface area contributed by atoms with Crippen molar-refractivity contribution >= 4 is 27.6 Å². The van der Waals surface area contributed by atoms with Gasteiger partial charge in [-0.2, -0.15) is 0 Å². The molecule has 0 spiro atoms. The molecular weight excluding hydrogens is 342 g/mol. The Morgan fingerprint density at radius 2 is 2.00 bits per heavy atom. The summed E-state index contributed by atoms with van der Waals surface area (Å²) in [5.74, 6) is 0.495. The molecule has 2 aromatic heterocycles. The summed E-state index contributed by atoms with van der Waals surface area (Å²) in [5, 5.41) is 5.03. The van der Waals surface area contributed by atoms with E-state index in [1.165, 1.54) is 0 Å². The molecule has 134 valence electrons. The summed E-state index contributed by atoms with van der Waals surface area (Å²) in [7, 11) is 1.60. The molecule has 2 N–H and O–H groups in total. The molecule has 0 unspecified atom stereocenters. The van der Waals surface area contributed by atoms with Crippen LogP contribution in [0.25, 0.3) is 21.7 Å². The third-order valence-corrected chi connectivity index (χ3v) is 4.47. The van der Waals surface area contributed by atoms with Crippen molar-refractivity contribution in [2.24, 2.45) is 0 Å². The molecule has 0 aliphatic heterocycles. The number of rotatable bonds is 4. The standard InChI is InChI=1S/C21H17N3O3/c1-27-15-4-2-3-13(9-15)11-23-20(25)14-5-6-16-17-7-8-22-12-19(17)24-21(26)18(16)10-14/h2-10,12H,11H2,1H3,(H,23,25)(H,24,26). The number of H-pyrrole nitrogens is 1. The molecule has 0 fully saturated rings. The van der Waals surface area contributed by atoms with Crippen LogP contribution >= 0.6 is 0 Å². The number of fused-ring (bicyclic) bond motifs is 3. The molecule has 0 atom stereocenters. The number of ether oxygens (including phenoxy) is 1. The number of hydrogen-bond donors (Lipinski definition) is 2. The van der Waals surface area contributed by atoms with Gasteiger partial charge in [-0.3, -0.25) is 14.6 Å². The number of hydrogen-bond acceptors (Lipinski definition) is 4. The first kappa shape index (κ1) is 16.8. The first-order valence-corrected chi connectivity index (χ1v) is 8.46. The summed E-state index contributed by atoms with van der Waals surface area (Å²) in [5.41, 5.74) is 1.79. The van der Waals surface area contributed by atoms with E-state index in [1.807, 2.05) is 30.3 Å². The normalized spacial score (nSPS) is 10.9. The van der Waals surface area contributed by atoms with Gasteiger partial charge in [0, 0.05) is 29.1 Å². The molecule has 0 bridgehead atoms. The molecule has 4 aromatic rings. The van der Waals surface area contributed by atoms with Crippen molar-refractivity contribution in [3.63, 3.8) is 0 Å². The average molecular weight is 359 g/mol. The average Bonchev–Trinajstić information content (AvgIpc) is 2.72. The third-order valence-electron chi connectivity index (χ3n) is 4.47. The summed E-state index contributed by atoms with van der Waals surface area (Å²) in [4.78, 5) is 31.7. The molecule has 27 heavy (non-hydrogen) atoms. The van der Waals surface area contributed by atoms with Crippen molar-refractivity contribution in [1.82, 2.24) is 15.3 Å². The van der Waals surface area contributed by atoms with E-state index in [0.717, 1.165) is 22.1 Å². The summed E-state index contributed by atoms with van der Waals surface area (Å²) >= 11 is 0. The summed E-state index contributed by atoms with van der Waals surface area (Å²) in [6.07, 6.45) is 3.29. The van der Waals surface area contributed by atoms with Crippen molar-refractivity contribution in [2.45, 2.75) is 6.54 Å². The second kappa shape index (κ2) is 6.92. The number of aromatic amines is 1. The van der Waals surface area contributed by atoms with E-state index < -0.39 is 0 Å². The number of benzene rings is 2. The highest BCUT2D eigenvalue weighted by molar-refractivity contribution is 6.07. The van der Waals surface area contributed by atoms with Gasteiger partial charge >= 0.3 is 0 Å². The minimum atomic E-state index is -0.243. The van der Waals surface area contributed by atoms with Gasteiger partial charge < -0.3 is 15.0 Å². The first-order valence-electron chi connectivity index (χ1n) is 8.46. The third kappa shape index (κ3) is 3.25. The number of methoxy groups -OCH3 is 1. The Labute approximate surface area is 154 Å². The number of carbonyl (C=O) groups is 1. The number of carbonyl (C=O) groups excluding carboxylic acids is 1. The Hall–Kier alpha value is -3.67. The predicted molar refractivity (Wildman–Crippen MR) is 104 cm³/mol. The summed E-state index contributed by atoms with van der Waals surface area (Å²) < 4.78 is 5.19. The molecule has 0 radical (unpaired) electrons. The highest BCUT2D eigenvalue weighted by Gasteiger charge is 2.10. The van der Waals surface area contributed by atoms with Gasteiger partial charge in [-0.25, -0.2) is 0 Å². The van der Waals surface area contributed by atoms with Gasteiger partial charge in [0.05, 0.1) is 18.8 Å². The lowest BCUT2D eigenvalue weighted by Crippen LogP contribution is -2.23. The maximum Gasteiger partial charge on any atom is 0.256 e. The van der Waals surface area contributed by atoms with Gasteiger partial charge in [0.1, 0.15) is 5.75 Å². The van der Waals surface area contributed by atoms with Crippen LogP contribution in [0.15, 0.2) is 65.7 Å². The van der Waals surface area contributed by atoms with Crippen LogP contribution in [0.4, 0.5) is 0 Å². The maximum absolute atomic E-state index is 12.5. The largest absolute Gasteiger partial charge is 0.497 e. The fourth-order valence-corrected chi connectivity index (χ4v) is 3.09. The maximum atomic E-state index is 12.5. The van der Waals surface area contributed by atoms with Crippen molar-refractivity contribution < 1.29 is 9.53 Å². The Morgan fingerprint density at radius 1 is 1.11 bits per heavy atom. The molecule has 2 aromatic carbocycles. The van der Waals surface area contributed by atoms with E-state index in [4.69, 9.17) is 4.74 Å². The Balaban J connectivity index is 1.63. The quantitative estimate of drug-likeness (QED) is 0.549. The van der Waals surface area contributed by atoms with Gasteiger partial charge in [-0.15, -0.1) is 0 Å². The SMILES string of the molecule is COc1cccc(CNC(=O)c2ccc3c(c2)c(=O)[nH]c2cnccc23)c1. The van der Waals surface area contributed by atoms with Crippen molar-refractivity contribution in [2.75, 3.05) is 7.11 Å². The Bertz CT molecular complexity index is 1210. The smallest absolute Gasteiger partial charge is 0.256 e. The minimum absolute atomic E-state index is 0.242. The second-order valence-corrected chi connectivity index (χ2v) is 6.17. The zero-order valence-electron chi connectivity index (χ0n) is 14.7. The first-order chi connectivity index (χ1) is 13.2. The van der Waals surface area contributed by atoms with Gasteiger partial charge in [0.2, 0.25) is 0 Å². The minimum Gasteiger partial charge on any atom is -0.497 e. The van der Waals surface area contributed by atoms with E-state index in [9.17, 15) is 9.59 Å².